The van der Waals surface area contributed by atoms with E-state index >= 15 is 0 Å². The lowest BCUT2D eigenvalue weighted by Crippen LogP contribution is -2.46. The number of amides is 2. The zero-order chi connectivity index (χ0) is 16.1. The van der Waals surface area contributed by atoms with Gasteiger partial charge in [-0.25, -0.2) is 9.18 Å². The highest BCUT2D eigenvalue weighted by atomic mass is 19.1. The second kappa shape index (κ2) is 7.80. The Morgan fingerprint density at radius 1 is 1.00 bits per heavy atom. The number of carbonyl (C=O) groups excluding carboxylic acids is 1. The molecular formula is C19H27FN2O. The van der Waals surface area contributed by atoms with E-state index < -0.39 is 0 Å². The Kier molecular flexibility index (Phi) is 5.52. The normalized spacial score (nSPS) is 23.3. The Hall–Kier alpha value is -1.58. The average molecular weight is 318 g/mol. The lowest BCUT2D eigenvalue weighted by Gasteiger charge is -2.29. The molecule has 126 valence electrons. The highest BCUT2D eigenvalue weighted by Crippen LogP contribution is 2.27. The second-order valence-electron chi connectivity index (χ2n) is 6.97. The Morgan fingerprint density at radius 2 is 1.70 bits per heavy atom. The van der Waals surface area contributed by atoms with E-state index in [1.807, 2.05) is 17.0 Å². The number of likely N-dealkylation sites (tertiary alicyclic amines) is 1. The smallest absolute Gasteiger partial charge is 0.317 e. The molecule has 1 aliphatic heterocycles. The van der Waals surface area contributed by atoms with Crippen molar-refractivity contribution in [2.24, 2.45) is 0 Å². The fourth-order valence-corrected chi connectivity index (χ4v) is 3.85. The third-order valence-corrected chi connectivity index (χ3v) is 5.23. The zero-order valence-corrected chi connectivity index (χ0v) is 13.8. The van der Waals surface area contributed by atoms with Crippen molar-refractivity contribution in [1.82, 2.24) is 10.2 Å². The van der Waals surface area contributed by atoms with Crippen molar-refractivity contribution in [2.45, 2.75) is 63.3 Å². The predicted molar refractivity (Wildman–Crippen MR) is 90.0 cm³/mol. The molecule has 2 fully saturated rings. The lowest BCUT2D eigenvalue weighted by molar-refractivity contribution is 0.189. The van der Waals surface area contributed by atoms with E-state index in [0.717, 1.165) is 50.8 Å². The summed E-state index contributed by atoms with van der Waals surface area (Å²) in [4.78, 5) is 14.6. The highest BCUT2D eigenvalue weighted by Gasteiger charge is 2.25. The molecule has 0 aromatic heterocycles. The molecular weight excluding hydrogens is 291 g/mol. The van der Waals surface area contributed by atoms with Gasteiger partial charge in [-0.3, -0.25) is 0 Å². The third-order valence-electron chi connectivity index (χ3n) is 5.23. The van der Waals surface area contributed by atoms with E-state index in [4.69, 9.17) is 0 Å². The maximum absolute atomic E-state index is 13.1. The summed E-state index contributed by atoms with van der Waals surface area (Å²) in [6, 6.07) is 7.21. The summed E-state index contributed by atoms with van der Waals surface area (Å²) < 4.78 is 13.1. The van der Waals surface area contributed by atoms with Gasteiger partial charge in [-0.05, 0) is 43.4 Å². The first-order valence-corrected chi connectivity index (χ1v) is 9.03. The zero-order valence-electron chi connectivity index (χ0n) is 13.8. The molecule has 1 aromatic carbocycles. The SMILES string of the molecule is O=C(NC1CCCCC1)N1CCCCC(c2ccc(F)cc2)C1. The first-order valence-electron chi connectivity index (χ1n) is 9.03. The van der Waals surface area contributed by atoms with Crippen molar-refractivity contribution >= 4 is 6.03 Å². The second-order valence-corrected chi connectivity index (χ2v) is 6.97. The summed E-state index contributed by atoms with van der Waals surface area (Å²) in [6.07, 6.45) is 9.21. The molecule has 23 heavy (non-hydrogen) atoms. The van der Waals surface area contributed by atoms with Crippen molar-refractivity contribution in [3.8, 4) is 0 Å². The number of carbonyl (C=O) groups is 1. The van der Waals surface area contributed by atoms with E-state index in [9.17, 15) is 9.18 Å². The molecule has 0 bridgehead atoms. The molecule has 1 heterocycles. The summed E-state index contributed by atoms with van der Waals surface area (Å²) >= 11 is 0. The molecule has 2 amide bonds. The minimum absolute atomic E-state index is 0.0888. The summed E-state index contributed by atoms with van der Waals surface area (Å²) in [5.74, 6) is 0.115. The van der Waals surface area contributed by atoms with Crippen LogP contribution in [-0.4, -0.2) is 30.1 Å². The van der Waals surface area contributed by atoms with Crippen LogP contribution in [0, 0.1) is 5.82 Å². The van der Waals surface area contributed by atoms with E-state index in [-0.39, 0.29) is 11.8 Å². The van der Waals surface area contributed by atoms with Crippen LogP contribution in [0.2, 0.25) is 0 Å². The van der Waals surface area contributed by atoms with Crippen LogP contribution >= 0.6 is 0 Å². The van der Waals surface area contributed by atoms with Gasteiger partial charge in [0, 0.05) is 25.0 Å². The summed E-state index contributed by atoms with van der Waals surface area (Å²) in [6.45, 7) is 1.57. The fraction of sp³-hybridized carbons (Fsp3) is 0.632. The van der Waals surface area contributed by atoms with Crippen LogP contribution in [0.5, 0.6) is 0 Å². The highest BCUT2D eigenvalue weighted by molar-refractivity contribution is 5.74. The molecule has 1 aromatic rings. The number of hydrogen-bond donors (Lipinski definition) is 1. The molecule has 3 rings (SSSR count). The predicted octanol–water partition coefficient (Wildman–Crippen LogP) is 4.44. The maximum Gasteiger partial charge on any atom is 0.317 e. The molecule has 3 nitrogen and oxygen atoms in total. The summed E-state index contributed by atoms with van der Waals surface area (Å²) in [5, 5.41) is 3.22. The van der Waals surface area contributed by atoms with Crippen LogP contribution in [0.4, 0.5) is 9.18 Å². The van der Waals surface area contributed by atoms with Crippen LogP contribution < -0.4 is 5.32 Å². The third kappa shape index (κ3) is 4.46. The van der Waals surface area contributed by atoms with E-state index in [2.05, 4.69) is 5.32 Å². The number of rotatable bonds is 2. The van der Waals surface area contributed by atoms with E-state index in [1.54, 1.807) is 0 Å². The number of benzene rings is 1. The minimum atomic E-state index is -0.200. The number of hydrogen-bond acceptors (Lipinski definition) is 1. The van der Waals surface area contributed by atoms with Crippen LogP contribution in [-0.2, 0) is 0 Å². The van der Waals surface area contributed by atoms with Crippen LogP contribution in [0.15, 0.2) is 24.3 Å². The first-order chi connectivity index (χ1) is 11.2. The Bertz CT molecular complexity index is 511. The average Bonchev–Trinajstić information content (AvgIpc) is 2.83. The van der Waals surface area contributed by atoms with Gasteiger partial charge in [0.2, 0.25) is 0 Å². The number of halogens is 1. The molecule has 1 unspecified atom stereocenters. The number of nitrogens with zero attached hydrogens (tertiary/aromatic N) is 1. The first kappa shape index (κ1) is 16.3. The van der Waals surface area contributed by atoms with Gasteiger partial charge < -0.3 is 10.2 Å². The molecule has 1 saturated carbocycles. The van der Waals surface area contributed by atoms with Gasteiger partial charge in [-0.2, -0.15) is 0 Å². The Labute approximate surface area is 138 Å². The monoisotopic (exact) mass is 318 g/mol. The van der Waals surface area contributed by atoms with Crippen LogP contribution in [0.3, 0.4) is 0 Å². The van der Waals surface area contributed by atoms with Gasteiger partial charge in [0.25, 0.3) is 0 Å². The Morgan fingerprint density at radius 3 is 2.43 bits per heavy atom. The minimum Gasteiger partial charge on any atom is -0.335 e. The van der Waals surface area contributed by atoms with Gasteiger partial charge in [0.15, 0.2) is 0 Å². The van der Waals surface area contributed by atoms with Crippen molar-refractivity contribution in [1.29, 1.82) is 0 Å². The number of nitrogens with one attached hydrogen (secondary N) is 1. The molecule has 1 aliphatic carbocycles. The molecule has 0 spiro atoms. The Balaban J connectivity index is 1.61. The van der Waals surface area contributed by atoms with E-state index in [1.165, 1.54) is 31.4 Å². The van der Waals surface area contributed by atoms with Gasteiger partial charge in [-0.1, -0.05) is 37.8 Å². The number of urea groups is 1. The van der Waals surface area contributed by atoms with Crippen LogP contribution in [0.25, 0.3) is 0 Å². The van der Waals surface area contributed by atoms with Crippen LogP contribution in [0.1, 0.15) is 62.8 Å². The topological polar surface area (TPSA) is 32.3 Å². The molecule has 1 N–H and O–H groups in total. The largest absolute Gasteiger partial charge is 0.335 e. The van der Waals surface area contributed by atoms with Gasteiger partial charge in [0.1, 0.15) is 5.82 Å². The quantitative estimate of drug-likeness (QED) is 0.859. The molecule has 1 saturated heterocycles. The molecule has 2 aliphatic rings. The van der Waals surface area contributed by atoms with Crippen molar-refractivity contribution in [3.63, 3.8) is 0 Å². The fourth-order valence-electron chi connectivity index (χ4n) is 3.85. The van der Waals surface area contributed by atoms with Crippen molar-refractivity contribution in [3.05, 3.63) is 35.6 Å². The maximum atomic E-state index is 13.1. The molecule has 1 atom stereocenters. The lowest BCUT2D eigenvalue weighted by atomic mass is 9.94. The van der Waals surface area contributed by atoms with Gasteiger partial charge in [-0.15, -0.1) is 0 Å². The van der Waals surface area contributed by atoms with Crippen molar-refractivity contribution < 1.29 is 9.18 Å². The van der Waals surface area contributed by atoms with Gasteiger partial charge in [0.05, 0.1) is 0 Å². The van der Waals surface area contributed by atoms with E-state index in [0.29, 0.717) is 12.0 Å². The molecule has 0 radical (unpaired) electrons. The summed E-state index contributed by atoms with van der Waals surface area (Å²) in [5.41, 5.74) is 1.14. The van der Waals surface area contributed by atoms with Gasteiger partial charge >= 0.3 is 6.03 Å². The van der Waals surface area contributed by atoms with Crippen molar-refractivity contribution in [2.75, 3.05) is 13.1 Å². The molecule has 4 heteroatoms. The standard InChI is InChI=1S/C19H27FN2O/c20-17-11-9-15(10-12-17)16-6-4-5-13-22(14-16)19(23)21-18-7-2-1-3-8-18/h9-12,16,18H,1-8,13-14H2,(H,21,23). The summed E-state index contributed by atoms with van der Waals surface area (Å²) in [7, 11) is 0.